The maximum atomic E-state index is 11.4. The molecule has 0 saturated heterocycles. The van der Waals surface area contributed by atoms with E-state index in [1.807, 2.05) is 18.2 Å². The van der Waals surface area contributed by atoms with Crippen LogP contribution in [0.3, 0.4) is 0 Å². The number of anilines is 2. The molecule has 1 aromatic carbocycles. The normalized spacial score (nSPS) is 20.1. The van der Waals surface area contributed by atoms with Gasteiger partial charge in [0.1, 0.15) is 5.75 Å². The maximum absolute atomic E-state index is 11.4. The number of aliphatic hydroxyl groups is 1. The lowest BCUT2D eigenvalue weighted by atomic mass is 9.74. The number of carbonyl (C=O) groups excluding carboxylic acids is 1. The molecule has 1 amide bonds. The Morgan fingerprint density at radius 1 is 1.29 bits per heavy atom. The van der Waals surface area contributed by atoms with E-state index in [-0.39, 0.29) is 24.5 Å². The summed E-state index contributed by atoms with van der Waals surface area (Å²) < 4.78 is 5.35. The van der Waals surface area contributed by atoms with E-state index in [0.29, 0.717) is 11.4 Å². The second-order valence-electron chi connectivity index (χ2n) is 6.12. The SMILES string of the molecule is O=C1COc2ccc(NCC3(CO)CCCCC3)cc2N1. The highest BCUT2D eigenvalue weighted by Gasteiger charge is 2.31. The number of nitrogens with one attached hydrogen (secondary N) is 2. The Balaban J connectivity index is 1.67. The van der Waals surface area contributed by atoms with Crippen LogP contribution in [-0.2, 0) is 4.79 Å². The first-order valence-electron chi connectivity index (χ1n) is 7.62. The lowest BCUT2D eigenvalue weighted by Gasteiger charge is -2.36. The summed E-state index contributed by atoms with van der Waals surface area (Å²) in [5, 5.41) is 15.9. The number of benzene rings is 1. The Morgan fingerprint density at radius 3 is 2.86 bits per heavy atom. The van der Waals surface area contributed by atoms with Crippen molar-refractivity contribution in [3.63, 3.8) is 0 Å². The summed E-state index contributed by atoms with van der Waals surface area (Å²) in [6, 6.07) is 5.70. The van der Waals surface area contributed by atoms with Gasteiger partial charge in [0.2, 0.25) is 0 Å². The lowest BCUT2D eigenvalue weighted by Crippen LogP contribution is -2.35. The van der Waals surface area contributed by atoms with E-state index >= 15 is 0 Å². The predicted octanol–water partition coefficient (Wildman–Crippen LogP) is 2.37. The van der Waals surface area contributed by atoms with Crippen molar-refractivity contribution in [2.45, 2.75) is 32.1 Å². The number of ether oxygens (including phenoxy) is 1. The second-order valence-corrected chi connectivity index (χ2v) is 6.12. The highest BCUT2D eigenvalue weighted by molar-refractivity contribution is 5.96. The summed E-state index contributed by atoms with van der Waals surface area (Å²) in [5.74, 6) is 0.577. The van der Waals surface area contributed by atoms with Gasteiger partial charge in [-0.15, -0.1) is 0 Å². The Labute approximate surface area is 124 Å². The molecule has 0 aromatic heterocycles. The maximum Gasteiger partial charge on any atom is 0.262 e. The van der Waals surface area contributed by atoms with Gasteiger partial charge in [0.25, 0.3) is 5.91 Å². The second kappa shape index (κ2) is 5.93. The standard InChI is InChI=1S/C16H22N2O3/c19-11-16(6-2-1-3-7-16)10-17-12-4-5-14-13(8-12)18-15(20)9-21-14/h4-5,8,17,19H,1-3,6-7,9-11H2,(H,18,20). The van der Waals surface area contributed by atoms with Crippen LogP contribution in [0.5, 0.6) is 5.75 Å². The van der Waals surface area contributed by atoms with Gasteiger partial charge in [-0.05, 0) is 31.0 Å². The molecule has 5 nitrogen and oxygen atoms in total. The van der Waals surface area contributed by atoms with Gasteiger partial charge in [0.05, 0.1) is 12.3 Å². The zero-order valence-electron chi connectivity index (χ0n) is 12.2. The zero-order chi connectivity index (χ0) is 14.7. The number of aliphatic hydroxyl groups excluding tert-OH is 1. The van der Waals surface area contributed by atoms with Crippen LogP contribution in [0.15, 0.2) is 18.2 Å². The monoisotopic (exact) mass is 290 g/mol. The lowest BCUT2D eigenvalue weighted by molar-refractivity contribution is -0.118. The van der Waals surface area contributed by atoms with E-state index in [2.05, 4.69) is 10.6 Å². The number of carbonyl (C=O) groups is 1. The molecule has 1 saturated carbocycles. The van der Waals surface area contributed by atoms with Gasteiger partial charge in [0, 0.05) is 17.6 Å². The number of hydrogen-bond acceptors (Lipinski definition) is 4. The molecule has 2 aliphatic rings. The van der Waals surface area contributed by atoms with Gasteiger partial charge in [-0.3, -0.25) is 4.79 Å². The van der Waals surface area contributed by atoms with Crippen LogP contribution in [0.2, 0.25) is 0 Å². The molecule has 0 radical (unpaired) electrons. The van der Waals surface area contributed by atoms with Crippen LogP contribution in [0, 0.1) is 5.41 Å². The third kappa shape index (κ3) is 3.13. The van der Waals surface area contributed by atoms with E-state index in [4.69, 9.17) is 4.74 Å². The molecule has 1 fully saturated rings. The van der Waals surface area contributed by atoms with Crippen molar-refractivity contribution in [1.82, 2.24) is 0 Å². The third-order valence-electron chi connectivity index (χ3n) is 4.53. The molecule has 0 atom stereocenters. The van der Waals surface area contributed by atoms with Crippen molar-refractivity contribution in [2.24, 2.45) is 5.41 Å². The van der Waals surface area contributed by atoms with Gasteiger partial charge in [-0.25, -0.2) is 0 Å². The number of hydrogen-bond donors (Lipinski definition) is 3. The zero-order valence-corrected chi connectivity index (χ0v) is 12.2. The summed E-state index contributed by atoms with van der Waals surface area (Å²) in [7, 11) is 0. The first-order chi connectivity index (χ1) is 10.2. The number of amides is 1. The van der Waals surface area contributed by atoms with Crippen LogP contribution in [0.4, 0.5) is 11.4 Å². The van der Waals surface area contributed by atoms with Crippen molar-refractivity contribution in [3.05, 3.63) is 18.2 Å². The van der Waals surface area contributed by atoms with Crippen LogP contribution in [0.25, 0.3) is 0 Å². The van der Waals surface area contributed by atoms with Crippen molar-refractivity contribution in [2.75, 3.05) is 30.4 Å². The van der Waals surface area contributed by atoms with Crippen molar-refractivity contribution in [3.8, 4) is 5.75 Å². The van der Waals surface area contributed by atoms with Crippen LogP contribution < -0.4 is 15.4 Å². The van der Waals surface area contributed by atoms with Crippen molar-refractivity contribution in [1.29, 1.82) is 0 Å². The van der Waals surface area contributed by atoms with Gasteiger partial charge in [0.15, 0.2) is 6.61 Å². The average Bonchev–Trinajstić information content (AvgIpc) is 2.53. The molecule has 0 unspecified atom stereocenters. The van der Waals surface area contributed by atoms with Crippen LogP contribution >= 0.6 is 0 Å². The highest BCUT2D eigenvalue weighted by atomic mass is 16.5. The van der Waals surface area contributed by atoms with Crippen molar-refractivity contribution < 1.29 is 14.6 Å². The van der Waals surface area contributed by atoms with E-state index in [0.717, 1.165) is 25.1 Å². The summed E-state index contributed by atoms with van der Waals surface area (Å²) in [5.41, 5.74) is 1.64. The summed E-state index contributed by atoms with van der Waals surface area (Å²) >= 11 is 0. The van der Waals surface area contributed by atoms with E-state index in [9.17, 15) is 9.90 Å². The Bertz CT molecular complexity index is 524. The van der Waals surface area contributed by atoms with Gasteiger partial charge in [-0.2, -0.15) is 0 Å². The molecule has 1 aliphatic carbocycles. The molecule has 3 rings (SSSR count). The van der Waals surface area contributed by atoms with Crippen LogP contribution in [0.1, 0.15) is 32.1 Å². The Kier molecular flexibility index (Phi) is 4.01. The minimum Gasteiger partial charge on any atom is -0.482 e. The molecule has 114 valence electrons. The predicted molar refractivity (Wildman–Crippen MR) is 81.7 cm³/mol. The first kappa shape index (κ1) is 14.2. The van der Waals surface area contributed by atoms with E-state index in [1.165, 1.54) is 19.3 Å². The highest BCUT2D eigenvalue weighted by Crippen LogP contribution is 2.37. The summed E-state index contributed by atoms with van der Waals surface area (Å²) in [6.45, 7) is 1.06. The number of rotatable bonds is 4. The molecule has 1 aliphatic heterocycles. The molecule has 3 N–H and O–H groups in total. The smallest absolute Gasteiger partial charge is 0.262 e. The first-order valence-corrected chi connectivity index (χ1v) is 7.62. The molecule has 21 heavy (non-hydrogen) atoms. The minimum atomic E-state index is -0.126. The fourth-order valence-electron chi connectivity index (χ4n) is 3.18. The molecular weight excluding hydrogens is 268 g/mol. The van der Waals surface area contributed by atoms with Crippen LogP contribution in [-0.4, -0.2) is 30.8 Å². The fraction of sp³-hybridized carbons (Fsp3) is 0.562. The molecule has 1 aromatic rings. The van der Waals surface area contributed by atoms with Gasteiger partial charge in [-0.1, -0.05) is 19.3 Å². The largest absolute Gasteiger partial charge is 0.482 e. The Hall–Kier alpha value is -1.75. The molecule has 0 bridgehead atoms. The number of fused-ring (bicyclic) bond motifs is 1. The minimum absolute atomic E-state index is 0.00605. The molecular formula is C16H22N2O3. The average molecular weight is 290 g/mol. The topological polar surface area (TPSA) is 70.6 Å². The third-order valence-corrected chi connectivity index (χ3v) is 4.53. The Morgan fingerprint density at radius 2 is 2.10 bits per heavy atom. The molecule has 0 spiro atoms. The van der Waals surface area contributed by atoms with Gasteiger partial charge >= 0.3 is 0 Å². The van der Waals surface area contributed by atoms with E-state index < -0.39 is 0 Å². The van der Waals surface area contributed by atoms with Gasteiger partial charge < -0.3 is 20.5 Å². The molecule has 5 heteroatoms. The molecule has 1 heterocycles. The summed E-state index contributed by atoms with van der Waals surface area (Å²) in [6.07, 6.45) is 5.79. The quantitative estimate of drug-likeness (QED) is 0.796. The van der Waals surface area contributed by atoms with E-state index in [1.54, 1.807) is 0 Å². The van der Waals surface area contributed by atoms with Crippen molar-refractivity contribution >= 4 is 17.3 Å². The summed E-state index contributed by atoms with van der Waals surface area (Å²) in [4.78, 5) is 11.4. The fourth-order valence-corrected chi connectivity index (χ4v) is 3.18.